The lowest BCUT2D eigenvalue weighted by Gasteiger charge is -2.31. The number of aromatic nitrogens is 1. The topological polar surface area (TPSA) is 83.4 Å². The van der Waals surface area contributed by atoms with E-state index < -0.39 is 29.8 Å². The number of likely N-dealkylation sites (tertiary alicyclic amines) is 1. The fraction of sp³-hybridized carbons (Fsp3) is 0.611. The van der Waals surface area contributed by atoms with Crippen molar-refractivity contribution >= 4 is 11.8 Å². The van der Waals surface area contributed by atoms with Crippen molar-refractivity contribution in [2.75, 3.05) is 26.2 Å². The number of nitrogens with one attached hydrogen (secondary N) is 2. The van der Waals surface area contributed by atoms with E-state index in [1.165, 1.54) is 0 Å². The summed E-state index contributed by atoms with van der Waals surface area (Å²) in [7, 11) is 0. The van der Waals surface area contributed by atoms with Gasteiger partial charge in [0.25, 0.3) is 5.56 Å². The van der Waals surface area contributed by atoms with Crippen LogP contribution < -0.4 is 16.2 Å². The summed E-state index contributed by atoms with van der Waals surface area (Å²) in [6.07, 6.45) is -1.80. The Balaban J connectivity index is 1.82. The number of alkyl halides is 3. The summed E-state index contributed by atoms with van der Waals surface area (Å²) in [6, 6.07) is 1.37. The second-order valence-corrected chi connectivity index (χ2v) is 6.85. The smallest absolute Gasteiger partial charge is 0.355 e. The van der Waals surface area contributed by atoms with Crippen molar-refractivity contribution in [3.05, 3.63) is 34.2 Å². The van der Waals surface area contributed by atoms with Crippen LogP contribution in [-0.2, 0) is 22.3 Å². The van der Waals surface area contributed by atoms with Gasteiger partial charge in [-0.05, 0) is 25.3 Å². The Kier molecular flexibility index (Phi) is 7.61. The number of carbonyl (C=O) groups excluding carboxylic acids is 2. The predicted octanol–water partition coefficient (Wildman–Crippen LogP) is 0.974. The van der Waals surface area contributed by atoms with Gasteiger partial charge in [0, 0.05) is 37.9 Å². The fourth-order valence-corrected chi connectivity index (χ4v) is 3.01. The van der Waals surface area contributed by atoms with Gasteiger partial charge in [-0.2, -0.15) is 13.2 Å². The highest BCUT2D eigenvalue weighted by Gasteiger charge is 2.31. The zero-order valence-electron chi connectivity index (χ0n) is 15.7. The second kappa shape index (κ2) is 9.72. The molecule has 1 aliphatic heterocycles. The number of pyridine rings is 1. The number of hydrogen-bond donors (Lipinski definition) is 2. The van der Waals surface area contributed by atoms with E-state index in [0.717, 1.165) is 17.1 Å². The Bertz CT molecular complexity index is 740. The predicted molar refractivity (Wildman–Crippen MR) is 96.6 cm³/mol. The molecule has 0 radical (unpaired) electrons. The monoisotopic (exact) mass is 402 g/mol. The Morgan fingerprint density at radius 3 is 2.43 bits per heavy atom. The maximum atomic E-state index is 12.8. The Hall–Kier alpha value is -2.36. The molecule has 156 valence electrons. The highest BCUT2D eigenvalue weighted by Crippen LogP contribution is 2.27. The van der Waals surface area contributed by atoms with Crippen LogP contribution in [0, 0.1) is 0 Å². The first-order valence-electron chi connectivity index (χ1n) is 9.25. The van der Waals surface area contributed by atoms with Crippen molar-refractivity contribution in [1.82, 2.24) is 20.1 Å². The Morgan fingerprint density at radius 2 is 1.82 bits per heavy atom. The van der Waals surface area contributed by atoms with Gasteiger partial charge in [-0.15, -0.1) is 0 Å². The standard InChI is InChI=1S/C18H25F3N4O3/c1-2-7-22-15(26)11-24-8-5-14(6-9-24)23-16(27)12-25-10-13(18(19,20)21)3-4-17(25)28/h3-4,10,14H,2,5-9,11-12H2,1H3,(H,22,26)(H,23,27). The molecule has 0 unspecified atom stereocenters. The van der Waals surface area contributed by atoms with E-state index in [0.29, 0.717) is 51.3 Å². The third kappa shape index (κ3) is 6.66. The zero-order chi connectivity index (χ0) is 20.7. The molecule has 2 heterocycles. The molecule has 0 aromatic carbocycles. The first kappa shape index (κ1) is 21.9. The Morgan fingerprint density at radius 1 is 1.14 bits per heavy atom. The van der Waals surface area contributed by atoms with Crippen LogP contribution in [0.1, 0.15) is 31.7 Å². The number of hydrogen-bond acceptors (Lipinski definition) is 4. The molecule has 28 heavy (non-hydrogen) atoms. The largest absolute Gasteiger partial charge is 0.417 e. The second-order valence-electron chi connectivity index (χ2n) is 6.85. The van der Waals surface area contributed by atoms with Crippen LogP contribution in [0.2, 0.25) is 0 Å². The third-order valence-electron chi connectivity index (χ3n) is 4.52. The zero-order valence-corrected chi connectivity index (χ0v) is 15.7. The summed E-state index contributed by atoms with van der Waals surface area (Å²) in [6.45, 7) is 3.72. The van der Waals surface area contributed by atoms with Crippen LogP contribution >= 0.6 is 0 Å². The fourth-order valence-electron chi connectivity index (χ4n) is 3.01. The molecule has 2 rings (SSSR count). The van der Waals surface area contributed by atoms with Gasteiger partial charge in [0.1, 0.15) is 6.54 Å². The molecule has 1 aliphatic rings. The summed E-state index contributed by atoms with van der Waals surface area (Å²) >= 11 is 0. The van der Waals surface area contributed by atoms with E-state index in [1.54, 1.807) is 0 Å². The van der Waals surface area contributed by atoms with Crippen LogP contribution in [0.4, 0.5) is 13.2 Å². The van der Waals surface area contributed by atoms with Crippen molar-refractivity contribution < 1.29 is 22.8 Å². The number of nitrogens with zero attached hydrogens (tertiary/aromatic N) is 2. The van der Waals surface area contributed by atoms with Crippen LogP contribution in [0.5, 0.6) is 0 Å². The first-order chi connectivity index (χ1) is 13.2. The maximum absolute atomic E-state index is 12.8. The van der Waals surface area contributed by atoms with E-state index >= 15 is 0 Å². The lowest BCUT2D eigenvalue weighted by atomic mass is 10.0. The molecule has 0 spiro atoms. The van der Waals surface area contributed by atoms with Gasteiger partial charge in [0.2, 0.25) is 11.8 Å². The summed E-state index contributed by atoms with van der Waals surface area (Å²) < 4.78 is 39.0. The third-order valence-corrected chi connectivity index (χ3v) is 4.52. The molecule has 0 bridgehead atoms. The minimum absolute atomic E-state index is 0.0340. The van der Waals surface area contributed by atoms with E-state index in [9.17, 15) is 27.6 Å². The summed E-state index contributed by atoms with van der Waals surface area (Å²) in [5, 5.41) is 5.56. The minimum atomic E-state index is -4.58. The summed E-state index contributed by atoms with van der Waals surface area (Å²) in [5.74, 6) is -0.547. The highest BCUT2D eigenvalue weighted by molar-refractivity contribution is 5.78. The van der Waals surface area contributed by atoms with E-state index in [1.807, 2.05) is 11.8 Å². The number of piperidine rings is 1. The van der Waals surface area contributed by atoms with Crippen LogP contribution in [0.15, 0.2) is 23.1 Å². The van der Waals surface area contributed by atoms with Gasteiger partial charge in [-0.25, -0.2) is 0 Å². The van der Waals surface area contributed by atoms with Crippen molar-refractivity contribution in [3.8, 4) is 0 Å². The molecule has 1 aromatic rings. The molecule has 1 fully saturated rings. The lowest BCUT2D eigenvalue weighted by Crippen LogP contribution is -2.48. The van der Waals surface area contributed by atoms with Crippen molar-refractivity contribution in [3.63, 3.8) is 0 Å². The van der Waals surface area contributed by atoms with Gasteiger partial charge in [0.15, 0.2) is 0 Å². The molecular weight excluding hydrogens is 377 g/mol. The molecule has 0 aliphatic carbocycles. The van der Waals surface area contributed by atoms with E-state index in [2.05, 4.69) is 10.6 Å². The van der Waals surface area contributed by atoms with Gasteiger partial charge in [-0.3, -0.25) is 19.3 Å². The number of halogens is 3. The number of amides is 2. The molecule has 0 saturated carbocycles. The molecule has 10 heteroatoms. The van der Waals surface area contributed by atoms with Crippen LogP contribution in [-0.4, -0.2) is 53.5 Å². The van der Waals surface area contributed by atoms with Crippen molar-refractivity contribution in [2.45, 2.75) is 44.9 Å². The van der Waals surface area contributed by atoms with E-state index in [4.69, 9.17) is 0 Å². The normalized spacial score (nSPS) is 16.0. The highest BCUT2D eigenvalue weighted by atomic mass is 19.4. The number of rotatable bonds is 7. The SMILES string of the molecule is CCCNC(=O)CN1CCC(NC(=O)Cn2cc(C(F)(F)F)ccc2=O)CC1. The molecule has 2 N–H and O–H groups in total. The van der Waals surface area contributed by atoms with Gasteiger partial charge in [-0.1, -0.05) is 6.92 Å². The first-order valence-corrected chi connectivity index (χ1v) is 9.25. The van der Waals surface area contributed by atoms with Gasteiger partial charge in [0.05, 0.1) is 12.1 Å². The molecule has 7 nitrogen and oxygen atoms in total. The van der Waals surface area contributed by atoms with Gasteiger partial charge < -0.3 is 15.2 Å². The molecular formula is C18H25F3N4O3. The number of carbonyl (C=O) groups is 2. The molecule has 2 amide bonds. The van der Waals surface area contributed by atoms with Gasteiger partial charge >= 0.3 is 6.18 Å². The summed E-state index contributed by atoms with van der Waals surface area (Å²) in [5.41, 5.74) is -1.65. The van der Waals surface area contributed by atoms with Crippen LogP contribution in [0.25, 0.3) is 0 Å². The van der Waals surface area contributed by atoms with Crippen molar-refractivity contribution in [2.24, 2.45) is 0 Å². The lowest BCUT2D eigenvalue weighted by molar-refractivity contribution is -0.138. The van der Waals surface area contributed by atoms with Crippen LogP contribution in [0.3, 0.4) is 0 Å². The quantitative estimate of drug-likeness (QED) is 0.712. The average Bonchev–Trinajstić information content (AvgIpc) is 2.62. The maximum Gasteiger partial charge on any atom is 0.417 e. The molecule has 1 aromatic heterocycles. The Labute approximate surface area is 160 Å². The van der Waals surface area contributed by atoms with E-state index in [-0.39, 0.29) is 11.9 Å². The molecule has 0 atom stereocenters. The minimum Gasteiger partial charge on any atom is -0.355 e. The molecule has 1 saturated heterocycles. The summed E-state index contributed by atoms with van der Waals surface area (Å²) in [4.78, 5) is 37.6. The van der Waals surface area contributed by atoms with Crippen molar-refractivity contribution in [1.29, 1.82) is 0 Å². The average molecular weight is 402 g/mol.